The zero-order valence-corrected chi connectivity index (χ0v) is 12.1. The van der Waals surface area contributed by atoms with Gasteiger partial charge < -0.3 is 0 Å². The molecule has 0 heteroatoms. The average Bonchev–Trinajstić information content (AvgIpc) is 2.47. The third-order valence-electron chi connectivity index (χ3n) is 3.25. The first-order valence-electron chi connectivity index (χ1n) is 6.83. The summed E-state index contributed by atoms with van der Waals surface area (Å²) in [7, 11) is 0. The smallest absolute Gasteiger partial charge is 0.0178 e. The van der Waals surface area contributed by atoms with Crippen molar-refractivity contribution >= 4 is 5.57 Å². The fraction of sp³-hybridized carbons (Fsp3) is 0.100. The van der Waals surface area contributed by atoms with Gasteiger partial charge >= 0.3 is 0 Å². The minimum atomic E-state index is 1.04. The van der Waals surface area contributed by atoms with Crippen LogP contribution in [0.5, 0.6) is 0 Å². The Kier molecular flexibility index (Phi) is 4.73. The van der Waals surface area contributed by atoms with Gasteiger partial charge in [0.25, 0.3) is 0 Å². The second-order valence-electron chi connectivity index (χ2n) is 4.97. The zero-order valence-electron chi connectivity index (χ0n) is 12.1. The molecule has 100 valence electrons. The Hall–Kier alpha value is -2.34. The van der Waals surface area contributed by atoms with Crippen molar-refractivity contribution in [3.05, 3.63) is 102 Å². The molecule has 1 aliphatic carbocycles. The van der Waals surface area contributed by atoms with Gasteiger partial charge in [-0.25, -0.2) is 0 Å². The molecule has 0 aliphatic heterocycles. The van der Waals surface area contributed by atoms with E-state index >= 15 is 0 Å². The van der Waals surface area contributed by atoms with Crippen molar-refractivity contribution in [1.29, 1.82) is 0 Å². The first-order valence-corrected chi connectivity index (χ1v) is 6.83. The molecule has 0 fully saturated rings. The quantitative estimate of drug-likeness (QED) is 0.620. The van der Waals surface area contributed by atoms with E-state index in [1.54, 1.807) is 0 Å². The van der Waals surface area contributed by atoms with Crippen LogP contribution < -0.4 is 0 Å². The summed E-state index contributed by atoms with van der Waals surface area (Å²) in [4.78, 5) is 0. The molecule has 0 spiro atoms. The monoisotopic (exact) mass is 260 g/mol. The molecule has 1 aliphatic rings. The summed E-state index contributed by atoms with van der Waals surface area (Å²) in [6.07, 6.45) is 16.6. The lowest BCUT2D eigenvalue weighted by atomic mass is 9.98. The molecule has 1 aromatic carbocycles. The molecule has 0 atom stereocenters. The lowest BCUT2D eigenvalue weighted by molar-refractivity contribution is 1.43. The SMILES string of the molecule is C=C1\C=C(c2cccc(C)c2)/C=C\C=C/C=C\C=C\1C. The maximum Gasteiger partial charge on any atom is -0.0178 e. The van der Waals surface area contributed by atoms with Gasteiger partial charge in [0.05, 0.1) is 0 Å². The molecule has 0 amide bonds. The number of aryl methyl sites for hydroxylation is 1. The van der Waals surface area contributed by atoms with Gasteiger partial charge in [-0.3, -0.25) is 0 Å². The summed E-state index contributed by atoms with van der Waals surface area (Å²) in [5.41, 5.74) is 5.88. The lowest BCUT2D eigenvalue weighted by Crippen LogP contribution is -1.86. The molecule has 0 bridgehead atoms. The Balaban J connectivity index is 2.48. The second kappa shape index (κ2) is 6.72. The minimum absolute atomic E-state index is 1.04. The van der Waals surface area contributed by atoms with Crippen molar-refractivity contribution in [3.63, 3.8) is 0 Å². The number of hydrogen-bond donors (Lipinski definition) is 0. The number of benzene rings is 1. The molecular formula is C20H20. The van der Waals surface area contributed by atoms with Crippen LogP contribution in [-0.2, 0) is 0 Å². The Bertz CT molecular complexity index is 646. The van der Waals surface area contributed by atoms with E-state index in [1.165, 1.54) is 22.3 Å². The van der Waals surface area contributed by atoms with E-state index in [4.69, 9.17) is 0 Å². The highest BCUT2D eigenvalue weighted by atomic mass is 14.1. The van der Waals surface area contributed by atoms with E-state index in [9.17, 15) is 0 Å². The molecule has 0 saturated carbocycles. The topological polar surface area (TPSA) is 0 Å². The summed E-state index contributed by atoms with van der Waals surface area (Å²) in [6, 6.07) is 8.54. The van der Waals surface area contributed by atoms with E-state index in [0.29, 0.717) is 0 Å². The maximum absolute atomic E-state index is 4.17. The first-order chi connectivity index (χ1) is 9.66. The highest BCUT2D eigenvalue weighted by Crippen LogP contribution is 2.22. The van der Waals surface area contributed by atoms with Gasteiger partial charge in [0.2, 0.25) is 0 Å². The number of hydrogen-bond acceptors (Lipinski definition) is 0. The van der Waals surface area contributed by atoms with Gasteiger partial charge in [-0.05, 0) is 42.2 Å². The van der Waals surface area contributed by atoms with E-state index in [0.717, 1.165) is 5.57 Å². The Morgan fingerprint density at radius 1 is 0.900 bits per heavy atom. The summed E-state index contributed by atoms with van der Waals surface area (Å²) >= 11 is 0. The van der Waals surface area contributed by atoms with Gasteiger partial charge in [0.1, 0.15) is 0 Å². The van der Waals surface area contributed by atoms with E-state index in [-0.39, 0.29) is 0 Å². The van der Waals surface area contributed by atoms with Gasteiger partial charge in [-0.15, -0.1) is 0 Å². The van der Waals surface area contributed by atoms with E-state index in [1.807, 2.05) is 24.3 Å². The van der Waals surface area contributed by atoms with Crippen LogP contribution in [0.3, 0.4) is 0 Å². The highest BCUT2D eigenvalue weighted by Gasteiger charge is 2.01. The third kappa shape index (κ3) is 3.83. The van der Waals surface area contributed by atoms with E-state index < -0.39 is 0 Å². The van der Waals surface area contributed by atoms with Crippen molar-refractivity contribution in [1.82, 2.24) is 0 Å². The fourth-order valence-corrected chi connectivity index (χ4v) is 2.01. The predicted molar refractivity (Wildman–Crippen MR) is 89.5 cm³/mol. The van der Waals surface area contributed by atoms with Crippen LogP contribution in [0.1, 0.15) is 18.1 Å². The molecule has 2 rings (SSSR count). The highest BCUT2D eigenvalue weighted by molar-refractivity contribution is 5.77. The molecular weight excluding hydrogens is 240 g/mol. The summed E-state index contributed by atoms with van der Waals surface area (Å²) in [6.45, 7) is 8.36. The summed E-state index contributed by atoms with van der Waals surface area (Å²) in [5, 5.41) is 0. The van der Waals surface area contributed by atoms with Crippen molar-refractivity contribution < 1.29 is 0 Å². The van der Waals surface area contributed by atoms with Gasteiger partial charge in [0.15, 0.2) is 0 Å². The first kappa shape index (κ1) is 14.1. The standard InChI is InChI=1S/C20H20/c1-16-10-9-13-19(14-16)20-12-8-6-4-5-7-11-17(2)18(3)15-20/h4-15H,3H2,1-2H3/b6-4-,7-5-,12-8-,17-11+,20-15+. The van der Waals surface area contributed by atoms with Crippen molar-refractivity contribution in [2.24, 2.45) is 0 Å². The molecule has 0 heterocycles. The van der Waals surface area contributed by atoms with Gasteiger partial charge in [0, 0.05) is 0 Å². The van der Waals surface area contributed by atoms with Gasteiger partial charge in [-0.1, -0.05) is 78.9 Å². The van der Waals surface area contributed by atoms with Crippen LogP contribution in [0.15, 0.2) is 90.6 Å². The molecule has 1 aromatic rings. The Morgan fingerprint density at radius 3 is 2.45 bits per heavy atom. The van der Waals surface area contributed by atoms with Crippen LogP contribution in [0, 0.1) is 6.92 Å². The van der Waals surface area contributed by atoms with Crippen LogP contribution in [0.4, 0.5) is 0 Å². The Labute approximate surface area is 121 Å². The van der Waals surface area contributed by atoms with Crippen molar-refractivity contribution in [2.75, 3.05) is 0 Å². The van der Waals surface area contributed by atoms with Crippen molar-refractivity contribution in [2.45, 2.75) is 13.8 Å². The molecule has 0 nitrogen and oxygen atoms in total. The second-order valence-corrected chi connectivity index (χ2v) is 4.97. The Morgan fingerprint density at radius 2 is 1.65 bits per heavy atom. The summed E-state index contributed by atoms with van der Waals surface area (Å²) < 4.78 is 0. The normalized spacial score (nSPS) is 25.6. The molecule has 0 N–H and O–H groups in total. The largest absolute Gasteiger partial charge is 0.0915 e. The van der Waals surface area contributed by atoms with E-state index in [2.05, 4.69) is 69.0 Å². The lowest BCUT2D eigenvalue weighted by Gasteiger charge is -2.06. The molecule has 0 saturated heterocycles. The predicted octanol–water partition coefficient (Wildman–Crippen LogP) is 5.56. The van der Waals surface area contributed by atoms with Gasteiger partial charge in [-0.2, -0.15) is 0 Å². The summed E-state index contributed by atoms with van der Waals surface area (Å²) in [5.74, 6) is 0. The van der Waals surface area contributed by atoms with Crippen LogP contribution in [-0.4, -0.2) is 0 Å². The minimum Gasteiger partial charge on any atom is -0.0915 e. The average molecular weight is 260 g/mol. The molecule has 0 unspecified atom stereocenters. The van der Waals surface area contributed by atoms with Crippen LogP contribution in [0.25, 0.3) is 5.57 Å². The number of rotatable bonds is 1. The van der Waals surface area contributed by atoms with Crippen LogP contribution >= 0.6 is 0 Å². The third-order valence-corrected chi connectivity index (χ3v) is 3.25. The molecule has 0 radical (unpaired) electrons. The fourth-order valence-electron chi connectivity index (χ4n) is 2.01. The van der Waals surface area contributed by atoms with Crippen LogP contribution in [0.2, 0.25) is 0 Å². The zero-order chi connectivity index (χ0) is 14.4. The maximum atomic E-state index is 4.17. The molecule has 20 heavy (non-hydrogen) atoms. The van der Waals surface area contributed by atoms with Crippen molar-refractivity contribution in [3.8, 4) is 0 Å². The molecule has 0 aromatic heterocycles. The number of allylic oxidation sites excluding steroid dienone is 11.